The highest BCUT2D eigenvalue weighted by Gasteiger charge is 2.14. The van der Waals surface area contributed by atoms with Crippen LogP contribution in [0.25, 0.3) is 6.08 Å². The van der Waals surface area contributed by atoms with E-state index in [0.29, 0.717) is 0 Å². The maximum atomic E-state index is 3.42. The molecule has 1 heterocycles. The number of allylic oxidation sites excluding steroid dienone is 1. The third-order valence-electron chi connectivity index (χ3n) is 3.60. The van der Waals surface area contributed by atoms with Gasteiger partial charge in [0.05, 0.1) is 0 Å². The molecule has 0 atom stereocenters. The van der Waals surface area contributed by atoms with Gasteiger partial charge in [-0.15, -0.1) is 0 Å². The van der Waals surface area contributed by atoms with Crippen LogP contribution in [-0.4, -0.2) is 20.1 Å². The molecule has 0 amide bonds. The first-order valence-electron chi connectivity index (χ1n) is 6.47. The van der Waals surface area contributed by atoms with Crippen LogP contribution < -0.4 is 10.6 Å². The van der Waals surface area contributed by atoms with Crippen LogP contribution >= 0.6 is 0 Å². The molecule has 1 aliphatic heterocycles. The zero-order valence-electron chi connectivity index (χ0n) is 10.8. The monoisotopic (exact) mass is 230 g/mol. The van der Waals surface area contributed by atoms with Crippen molar-refractivity contribution in [1.29, 1.82) is 0 Å². The molecule has 0 saturated carbocycles. The van der Waals surface area contributed by atoms with E-state index in [4.69, 9.17) is 0 Å². The van der Waals surface area contributed by atoms with Gasteiger partial charge >= 0.3 is 0 Å². The molecule has 2 nitrogen and oxygen atoms in total. The van der Waals surface area contributed by atoms with Gasteiger partial charge in [0, 0.05) is 12.7 Å². The van der Waals surface area contributed by atoms with E-state index >= 15 is 0 Å². The van der Waals surface area contributed by atoms with Crippen molar-refractivity contribution in [3.05, 3.63) is 35.4 Å². The number of para-hydroxylation sites is 1. The lowest BCUT2D eigenvalue weighted by molar-refractivity contribution is 0.421. The van der Waals surface area contributed by atoms with E-state index in [9.17, 15) is 0 Å². The van der Waals surface area contributed by atoms with Crippen LogP contribution in [0.5, 0.6) is 0 Å². The van der Waals surface area contributed by atoms with Crippen molar-refractivity contribution < 1.29 is 0 Å². The first-order chi connectivity index (χ1) is 8.31. The summed E-state index contributed by atoms with van der Waals surface area (Å²) in [5, 5.41) is 6.66. The van der Waals surface area contributed by atoms with Crippen molar-refractivity contribution in [2.45, 2.75) is 19.8 Å². The molecule has 2 rings (SSSR count). The molecule has 1 saturated heterocycles. The van der Waals surface area contributed by atoms with E-state index in [1.165, 1.54) is 29.7 Å². The van der Waals surface area contributed by atoms with Gasteiger partial charge in [0.2, 0.25) is 0 Å². The van der Waals surface area contributed by atoms with Crippen molar-refractivity contribution in [2.24, 2.45) is 5.92 Å². The van der Waals surface area contributed by atoms with Crippen LogP contribution in [0.4, 0.5) is 5.69 Å². The third-order valence-corrected chi connectivity index (χ3v) is 3.60. The zero-order valence-corrected chi connectivity index (χ0v) is 10.8. The maximum absolute atomic E-state index is 3.42. The summed E-state index contributed by atoms with van der Waals surface area (Å²) in [4.78, 5) is 0. The smallest absolute Gasteiger partial charge is 0.0411 e. The van der Waals surface area contributed by atoms with E-state index in [1.807, 2.05) is 7.05 Å². The van der Waals surface area contributed by atoms with Gasteiger partial charge in [0.15, 0.2) is 0 Å². The average Bonchev–Trinajstić information content (AvgIpc) is 2.40. The second-order valence-corrected chi connectivity index (χ2v) is 4.75. The minimum atomic E-state index is 0.751. The predicted molar refractivity (Wildman–Crippen MR) is 75.2 cm³/mol. The van der Waals surface area contributed by atoms with Crippen molar-refractivity contribution in [2.75, 3.05) is 25.5 Å². The fraction of sp³-hybridized carbons (Fsp3) is 0.467. The molecule has 0 spiro atoms. The lowest BCUT2D eigenvalue weighted by Gasteiger charge is -2.23. The fourth-order valence-electron chi connectivity index (χ4n) is 2.49. The molecule has 0 aromatic heterocycles. The molecular formula is C15H22N2. The lowest BCUT2D eigenvalue weighted by Crippen LogP contribution is -2.28. The van der Waals surface area contributed by atoms with Crippen molar-refractivity contribution in [1.82, 2.24) is 5.32 Å². The molecule has 1 aliphatic rings. The lowest BCUT2D eigenvalue weighted by atomic mass is 9.89. The standard InChI is InChI=1S/C15H22N2/c1-12(13-7-9-17-10-8-13)11-14-5-3-4-6-15(14)16-2/h3-6,11,13,16-17H,7-10H2,1-2H3/b12-11+. The molecule has 0 aliphatic carbocycles. The van der Waals surface area contributed by atoms with Gasteiger partial charge < -0.3 is 10.6 Å². The topological polar surface area (TPSA) is 24.1 Å². The van der Waals surface area contributed by atoms with Crippen LogP contribution in [-0.2, 0) is 0 Å². The van der Waals surface area contributed by atoms with Gasteiger partial charge in [-0.25, -0.2) is 0 Å². The molecule has 1 fully saturated rings. The number of benzene rings is 1. The van der Waals surface area contributed by atoms with E-state index in [1.54, 1.807) is 0 Å². The van der Waals surface area contributed by atoms with Gasteiger partial charge in [0.1, 0.15) is 0 Å². The Kier molecular flexibility index (Phi) is 4.21. The molecule has 2 N–H and O–H groups in total. The Morgan fingerprint density at radius 3 is 2.71 bits per heavy atom. The Labute approximate surface area is 104 Å². The van der Waals surface area contributed by atoms with Crippen LogP contribution in [0, 0.1) is 5.92 Å². The summed E-state index contributed by atoms with van der Waals surface area (Å²) in [7, 11) is 1.98. The zero-order chi connectivity index (χ0) is 12.1. The second-order valence-electron chi connectivity index (χ2n) is 4.75. The minimum absolute atomic E-state index is 0.751. The van der Waals surface area contributed by atoms with E-state index in [0.717, 1.165) is 19.0 Å². The van der Waals surface area contributed by atoms with Crippen molar-refractivity contribution >= 4 is 11.8 Å². The van der Waals surface area contributed by atoms with Gasteiger partial charge in [0.25, 0.3) is 0 Å². The number of anilines is 1. The number of nitrogens with one attached hydrogen (secondary N) is 2. The van der Waals surface area contributed by atoms with Crippen LogP contribution in [0.2, 0.25) is 0 Å². The number of rotatable bonds is 3. The summed E-state index contributed by atoms with van der Waals surface area (Å²) in [5.41, 5.74) is 4.01. The highest BCUT2D eigenvalue weighted by Crippen LogP contribution is 2.25. The highest BCUT2D eigenvalue weighted by atomic mass is 14.9. The molecule has 0 unspecified atom stereocenters. The molecule has 1 aromatic carbocycles. The summed E-state index contributed by atoms with van der Waals surface area (Å²) in [5.74, 6) is 0.751. The summed E-state index contributed by atoms with van der Waals surface area (Å²) in [6.45, 7) is 4.58. The first kappa shape index (κ1) is 12.2. The van der Waals surface area contributed by atoms with Crippen molar-refractivity contribution in [3.8, 4) is 0 Å². The summed E-state index contributed by atoms with van der Waals surface area (Å²) in [6.07, 6.45) is 4.87. The second kappa shape index (κ2) is 5.87. The third kappa shape index (κ3) is 3.10. The maximum Gasteiger partial charge on any atom is 0.0411 e. The van der Waals surface area contributed by atoms with E-state index in [2.05, 4.69) is 47.9 Å². The summed E-state index contributed by atoms with van der Waals surface area (Å²) in [6, 6.07) is 8.48. The van der Waals surface area contributed by atoms with E-state index in [-0.39, 0.29) is 0 Å². The number of hydrogen-bond acceptors (Lipinski definition) is 2. The Hall–Kier alpha value is -1.28. The van der Waals surface area contributed by atoms with Gasteiger partial charge in [-0.3, -0.25) is 0 Å². The average molecular weight is 230 g/mol. The quantitative estimate of drug-likeness (QED) is 0.833. The largest absolute Gasteiger partial charge is 0.388 e. The van der Waals surface area contributed by atoms with Crippen LogP contribution in [0.3, 0.4) is 0 Å². The number of hydrogen-bond donors (Lipinski definition) is 2. The first-order valence-corrected chi connectivity index (χ1v) is 6.47. The molecule has 2 heteroatoms. The summed E-state index contributed by atoms with van der Waals surface area (Å²) >= 11 is 0. The fourth-order valence-corrected chi connectivity index (χ4v) is 2.49. The Balaban J connectivity index is 2.16. The molecule has 0 bridgehead atoms. The Morgan fingerprint density at radius 2 is 2.00 bits per heavy atom. The van der Waals surface area contributed by atoms with Gasteiger partial charge in [-0.1, -0.05) is 29.8 Å². The van der Waals surface area contributed by atoms with Gasteiger partial charge in [-0.05, 0) is 50.4 Å². The Morgan fingerprint density at radius 1 is 1.29 bits per heavy atom. The Bertz CT molecular complexity index is 390. The SMILES string of the molecule is CNc1ccccc1/C=C(\C)C1CCNCC1. The van der Waals surface area contributed by atoms with Crippen LogP contribution in [0.1, 0.15) is 25.3 Å². The minimum Gasteiger partial charge on any atom is -0.388 e. The molecular weight excluding hydrogens is 208 g/mol. The summed E-state index contributed by atoms with van der Waals surface area (Å²) < 4.78 is 0. The molecule has 17 heavy (non-hydrogen) atoms. The predicted octanol–water partition coefficient (Wildman–Crippen LogP) is 3.13. The van der Waals surface area contributed by atoms with Crippen LogP contribution in [0.15, 0.2) is 29.8 Å². The van der Waals surface area contributed by atoms with E-state index < -0.39 is 0 Å². The highest BCUT2D eigenvalue weighted by molar-refractivity contribution is 5.67. The normalized spacial score (nSPS) is 18.1. The number of piperidine rings is 1. The molecule has 1 aromatic rings. The van der Waals surface area contributed by atoms with Crippen molar-refractivity contribution in [3.63, 3.8) is 0 Å². The van der Waals surface area contributed by atoms with Gasteiger partial charge in [-0.2, -0.15) is 0 Å². The molecule has 0 radical (unpaired) electrons. The molecule has 92 valence electrons.